The van der Waals surface area contributed by atoms with Gasteiger partial charge in [0.1, 0.15) is 6.33 Å². The molecule has 0 aliphatic heterocycles. The molecule has 1 atom stereocenters. The predicted octanol–water partition coefficient (Wildman–Crippen LogP) is 3.22. The molecular formula is C12H19ClN2O. The van der Waals surface area contributed by atoms with Crippen molar-refractivity contribution in [2.24, 2.45) is 0 Å². The van der Waals surface area contributed by atoms with Gasteiger partial charge in [-0.3, -0.25) is 0 Å². The van der Waals surface area contributed by atoms with Crippen LogP contribution in [-0.2, 0) is 6.42 Å². The van der Waals surface area contributed by atoms with Gasteiger partial charge in [-0.25, -0.2) is 9.97 Å². The van der Waals surface area contributed by atoms with E-state index in [0.29, 0.717) is 5.88 Å². The van der Waals surface area contributed by atoms with Crippen LogP contribution in [0.5, 0.6) is 5.88 Å². The number of aromatic nitrogens is 2. The minimum absolute atomic E-state index is 0.158. The van der Waals surface area contributed by atoms with Crippen molar-refractivity contribution in [3.8, 4) is 5.88 Å². The second-order valence-corrected chi connectivity index (χ2v) is 4.47. The number of unbranched alkanes of at least 4 members (excludes halogenated alkanes) is 2. The fourth-order valence-corrected chi connectivity index (χ4v) is 1.86. The van der Waals surface area contributed by atoms with E-state index in [1.54, 1.807) is 7.11 Å². The summed E-state index contributed by atoms with van der Waals surface area (Å²) < 4.78 is 5.04. The van der Waals surface area contributed by atoms with Gasteiger partial charge in [0.25, 0.3) is 0 Å². The Morgan fingerprint density at radius 2 is 2.19 bits per heavy atom. The Balaban J connectivity index is 2.39. The molecule has 0 saturated carbocycles. The summed E-state index contributed by atoms with van der Waals surface area (Å²) in [5, 5.41) is 0.158. The number of nitrogens with zero attached hydrogens (tertiary/aromatic N) is 2. The van der Waals surface area contributed by atoms with Gasteiger partial charge < -0.3 is 4.74 Å². The molecule has 0 spiro atoms. The summed E-state index contributed by atoms with van der Waals surface area (Å²) in [6.07, 6.45) is 7.00. The Labute approximate surface area is 102 Å². The van der Waals surface area contributed by atoms with Crippen LogP contribution in [0.2, 0.25) is 0 Å². The minimum Gasteiger partial charge on any atom is -0.481 e. The molecule has 1 unspecified atom stereocenters. The lowest BCUT2D eigenvalue weighted by Gasteiger charge is -2.08. The molecule has 1 aromatic heterocycles. The lowest BCUT2D eigenvalue weighted by molar-refractivity contribution is 0.395. The molecule has 0 aromatic carbocycles. The second kappa shape index (κ2) is 7.44. The summed E-state index contributed by atoms with van der Waals surface area (Å²) in [4.78, 5) is 8.14. The van der Waals surface area contributed by atoms with Crippen molar-refractivity contribution in [2.45, 2.75) is 44.4 Å². The van der Waals surface area contributed by atoms with Crippen LogP contribution in [0.1, 0.15) is 38.3 Å². The molecule has 1 heterocycles. The van der Waals surface area contributed by atoms with E-state index < -0.39 is 0 Å². The average Bonchev–Trinajstić information content (AvgIpc) is 2.29. The molecule has 3 nitrogen and oxygen atoms in total. The molecular weight excluding hydrogens is 224 g/mol. The van der Waals surface area contributed by atoms with Crippen LogP contribution in [0.15, 0.2) is 12.4 Å². The molecule has 0 aliphatic rings. The van der Waals surface area contributed by atoms with Gasteiger partial charge >= 0.3 is 0 Å². The average molecular weight is 243 g/mol. The van der Waals surface area contributed by atoms with Gasteiger partial charge in [0.05, 0.1) is 7.11 Å². The van der Waals surface area contributed by atoms with Gasteiger partial charge in [0, 0.05) is 23.6 Å². The van der Waals surface area contributed by atoms with Crippen molar-refractivity contribution in [3.05, 3.63) is 18.1 Å². The van der Waals surface area contributed by atoms with Crippen molar-refractivity contribution in [1.82, 2.24) is 9.97 Å². The summed E-state index contributed by atoms with van der Waals surface area (Å²) >= 11 is 6.25. The zero-order chi connectivity index (χ0) is 11.8. The van der Waals surface area contributed by atoms with Gasteiger partial charge in [-0.2, -0.15) is 0 Å². The van der Waals surface area contributed by atoms with E-state index in [9.17, 15) is 0 Å². The van der Waals surface area contributed by atoms with Crippen molar-refractivity contribution >= 4 is 11.6 Å². The van der Waals surface area contributed by atoms with Gasteiger partial charge in [0.15, 0.2) is 0 Å². The normalized spacial score (nSPS) is 12.4. The van der Waals surface area contributed by atoms with Crippen molar-refractivity contribution in [1.29, 1.82) is 0 Å². The van der Waals surface area contributed by atoms with Crippen LogP contribution in [-0.4, -0.2) is 22.5 Å². The molecule has 0 radical (unpaired) electrons. The Bertz CT molecular complexity index is 307. The van der Waals surface area contributed by atoms with Crippen molar-refractivity contribution in [3.63, 3.8) is 0 Å². The molecule has 4 heteroatoms. The lowest BCUT2D eigenvalue weighted by atomic mass is 10.1. The number of rotatable bonds is 7. The number of methoxy groups -OCH3 is 1. The van der Waals surface area contributed by atoms with E-state index in [0.717, 1.165) is 18.5 Å². The van der Waals surface area contributed by atoms with Crippen molar-refractivity contribution in [2.75, 3.05) is 7.11 Å². The van der Waals surface area contributed by atoms with E-state index in [1.807, 2.05) is 6.07 Å². The molecule has 0 aliphatic carbocycles. The lowest BCUT2D eigenvalue weighted by Crippen LogP contribution is -2.05. The number of hydrogen-bond donors (Lipinski definition) is 0. The topological polar surface area (TPSA) is 35.0 Å². The van der Waals surface area contributed by atoms with Gasteiger partial charge in [-0.1, -0.05) is 26.2 Å². The van der Waals surface area contributed by atoms with Crippen LogP contribution in [0.3, 0.4) is 0 Å². The number of alkyl halides is 1. The van der Waals surface area contributed by atoms with E-state index in [1.165, 1.54) is 25.6 Å². The van der Waals surface area contributed by atoms with E-state index in [4.69, 9.17) is 16.3 Å². The molecule has 1 aromatic rings. The third-order valence-electron chi connectivity index (χ3n) is 2.46. The maximum Gasteiger partial charge on any atom is 0.216 e. The highest BCUT2D eigenvalue weighted by Crippen LogP contribution is 2.15. The highest BCUT2D eigenvalue weighted by atomic mass is 35.5. The van der Waals surface area contributed by atoms with Crippen LogP contribution in [0.25, 0.3) is 0 Å². The predicted molar refractivity (Wildman–Crippen MR) is 66.1 cm³/mol. The molecule has 1 rings (SSSR count). The molecule has 0 amide bonds. The van der Waals surface area contributed by atoms with Gasteiger partial charge in [-0.05, 0) is 6.42 Å². The first kappa shape index (κ1) is 13.2. The Kier molecular flexibility index (Phi) is 6.16. The summed E-state index contributed by atoms with van der Waals surface area (Å²) in [7, 11) is 1.60. The second-order valence-electron chi connectivity index (χ2n) is 3.85. The highest BCUT2D eigenvalue weighted by Gasteiger charge is 2.07. The molecule has 16 heavy (non-hydrogen) atoms. The van der Waals surface area contributed by atoms with Crippen LogP contribution in [0.4, 0.5) is 0 Å². The van der Waals surface area contributed by atoms with Crippen LogP contribution in [0, 0.1) is 0 Å². The first-order valence-corrected chi connectivity index (χ1v) is 6.19. The number of hydrogen-bond acceptors (Lipinski definition) is 3. The maximum absolute atomic E-state index is 6.25. The largest absolute Gasteiger partial charge is 0.481 e. The summed E-state index contributed by atoms with van der Waals surface area (Å²) in [5.41, 5.74) is 0.948. The van der Waals surface area contributed by atoms with Gasteiger partial charge in [0.2, 0.25) is 5.88 Å². The SMILES string of the molecule is CCCCCC(Cl)Cc1cc(OC)ncn1. The monoisotopic (exact) mass is 242 g/mol. The zero-order valence-corrected chi connectivity index (χ0v) is 10.7. The van der Waals surface area contributed by atoms with Gasteiger partial charge in [-0.15, -0.1) is 11.6 Å². The first-order chi connectivity index (χ1) is 7.76. The highest BCUT2D eigenvalue weighted by molar-refractivity contribution is 6.20. The van der Waals surface area contributed by atoms with Crippen LogP contribution >= 0.6 is 11.6 Å². The standard InChI is InChI=1S/C12H19ClN2O/c1-3-4-5-6-10(13)7-11-8-12(16-2)15-9-14-11/h8-10H,3-7H2,1-2H3. The Hall–Kier alpha value is -0.830. The summed E-state index contributed by atoms with van der Waals surface area (Å²) in [6, 6.07) is 1.84. The third-order valence-corrected chi connectivity index (χ3v) is 2.83. The van der Waals surface area contributed by atoms with E-state index in [-0.39, 0.29) is 5.38 Å². The molecule has 90 valence electrons. The van der Waals surface area contributed by atoms with Crippen molar-refractivity contribution < 1.29 is 4.74 Å². The fourth-order valence-electron chi connectivity index (χ4n) is 1.55. The maximum atomic E-state index is 6.25. The quantitative estimate of drug-likeness (QED) is 0.544. The zero-order valence-electron chi connectivity index (χ0n) is 9.95. The first-order valence-electron chi connectivity index (χ1n) is 5.75. The Morgan fingerprint density at radius 3 is 2.88 bits per heavy atom. The number of halogens is 1. The summed E-state index contributed by atoms with van der Waals surface area (Å²) in [5.74, 6) is 0.599. The third kappa shape index (κ3) is 4.79. The summed E-state index contributed by atoms with van der Waals surface area (Å²) in [6.45, 7) is 2.19. The molecule has 0 N–H and O–H groups in total. The fraction of sp³-hybridized carbons (Fsp3) is 0.667. The molecule has 0 fully saturated rings. The minimum atomic E-state index is 0.158. The molecule has 0 bridgehead atoms. The molecule has 0 saturated heterocycles. The van der Waals surface area contributed by atoms with E-state index in [2.05, 4.69) is 16.9 Å². The van der Waals surface area contributed by atoms with Crippen LogP contribution < -0.4 is 4.74 Å². The smallest absolute Gasteiger partial charge is 0.216 e. The number of ether oxygens (including phenoxy) is 1. The Morgan fingerprint density at radius 1 is 1.38 bits per heavy atom. The van der Waals surface area contributed by atoms with E-state index >= 15 is 0 Å².